The fourth-order valence-corrected chi connectivity index (χ4v) is 3.72. The molecule has 3 rings (SSSR count). The summed E-state index contributed by atoms with van der Waals surface area (Å²) in [6.07, 6.45) is 1.72. The van der Waals surface area contributed by atoms with E-state index in [-0.39, 0.29) is 0 Å². The van der Waals surface area contributed by atoms with Crippen molar-refractivity contribution in [2.24, 2.45) is 0 Å². The molecule has 0 N–H and O–H groups in total. The molecule has 5 heteroatoms. The van der Waals surface area contributed by atoms with Crippen LogP contribution in [0.4, 0.5) is 0 Å². The van der Waals surface area contributed by atoms with Crippen molar-refractivity contribution in [1.29, 1.82) is 5.26 Å². The van der Waals surface area contributed by atoms with Crippen molar-refractivity contribution >= 4 is 50.9 Å². The molecule has 0 spiro atoms. The van der Waals surface area contributed by atoms with Gasteiger partial charge in [0.1, 0.15) is 5.76 Å². The molecule has 0 aliphatic carbocycles. The Kier molecular flexibility index (Phi) is 5.70. The lowest BCUT2D eigenvalue weighted by Gasteiger charge is -2.00. The second-order valence-corrected chi connectivity index (χ2v) is 7.72. The third-order valence-corrected chi connectivity index (χ3v) is 5.53. The summed E-state index contributed by atoms with van der Waals surface area (Å²) in [6.45, 7) is 2.05. The summed E-state index contributed by atoms with van der Waals surface area (Å²) in [5.74, 6) is 0.609. The second kappa shape index (κ2) is 7.97. The molecule has 0 bridgehead atoms. The highest BCUT2D eigenvalue weighted by atomic mass is 79.9. The number of nitrogens with zero attached hydrogens (tertiary/aromatic N) is 1. The van der Waals surface area contributed by atoms with Crippen LogP contribution in [0, 0.1) is 18.3 Å². The number of benzene rings is 2. The van der Waals surface area contributed by atoms with Gasteiger partial charge >= 0.3 is 0 Å². The number of hydrogen-bond donors (Lipinski definition) is 0. The van der Waals surface area contributed by atoms with Gasteiger partial charge in [-0.3, -0.25) is 0 Å². The van der Waals surface area contributed by atoms with Crippen LogP contribution in [-0.4, -0.2) is 0 Å². The monoisotopic (exact) mass is 429 g/mol. The standard InChI is InChI=1S/C20H13BrClNOS/c1-13-5-7-18(8-6-13)25-20-19(21)11-17(24-20)10-15(12-23)14-3-2-4-16(22)9-14/h2-11H,1H3/b15-10+. The third kappa shape index (κ3) is 4.58. The highest BCUT2D eigenvalue weighted by Crippen LogP contribution is 2.37. The minimum Gasteiger partial charge on any atom is -0.449 e. The largest absolute Gasteiger partial charge is 0.449 e. The first-order chi connectivity index (χ1) is 12.0. The zero-order chi connectivity index (χ0) is 17.8. The van der Waals surface area contributed by atoms with Gasteiger partial charge in [-0.15, -0.1) is 0 Å². The molecule has 0 saturated heterocycles. The van der Waals surface area contributed by atoms with Crippen LogP contribution >= 0.6 is 39.3 Å². The van der Waals surface area contributed by atoms with Crippen LogP contribution in [0.5, 0.6) is 0 Å². The highest BCUT2D eigenvalue weighted by molar-refractivity contribution is 9.10. The maximum Gasteiger partial charge on any atom is 0.179 e. The zero-order valence-electron chi connectivity index (χ0n) is 13.3. The van der Waals surface area contributed by atoms with Crippen LogP contribution in [0.15, 0.2) is 73.5 Å². The molecule has 0 radical (unpaired) electrons. The number of aryl methyl sites for hydroxylation is 1. The fourth-order valence-electron chi connectivity index (χ4n) is 2.20. The van der Waals surface area contributed by atoms with Gasteiger partial charge in [-0.2, -0.15) is 5.26 Å². The molecule has 1 heterocycles. The van der Waals surface area contributed by atoms with Crippen molar-refractivity contribution in [3.05, 3.63) is 81.0 Å². The molecule has 0 aliphatic rings. The lowest BCUT2D eigenvalue weighted by molar-refractivity contribution is 0.463. The first-order valence-corrected chi connectivity index (χ1v) is 9.45. The van der Waals surface area contributed by atoms with Gasteiger partial charge in [0.05, 0.1) is 16.1 Å². The third-order valence-electron chi connectivity index (χ3n) is 3.45. The van der Waals surface area contributed by atoms with Crippen molar-refractivity contribution < 1.29 is 4.42 Å². The minimum absolute atomic E-state index is 0.496. The van der Waals surface area contributed by atoms with E-state index < -0.39 is 0 Å². The molecule has 0 atom stereocenters. The number of furan rings is 1. The van der Waals surface area contributed by atoms with Crippen molar-refractivity contribution in [1.82, 2.24) is 0 Å². The average Bonchev–Trinajstić information content (AvgIpc) is 2.94. The Bertz CT molecular complexity index is 970. The van der Waals surface area contributed by atoms with Crippen molar-refractivity contribution in [3.63, 3.8) is 0 Å². The van der Waals surface area contributed by atoms with Crippen LogP contribution in [0.3, 0.4) is 0 Å². The molecular formula is C20H13BrClNOS. The Labute approximate surface area is 164 Å². The van der Waals surface area contributed by atoms with E-state index in [0.29, 0.717) is 16.4 Å². The highest BCUT2D eigenvalue weighted by Gasteiger charge is 2.11. The van der Waals surface area contributed by atoms with E-state index >= 15 is 0 Å². The van der Waals surface area contributed by atoms with Crippen LogP contribution in [0.25, 0.3) is 11.6 Å². The summed E-state index contributed by atoms with van der Waals surface area (Å²) in [4.78, 5) is 1.09. The molecule has 0 unspecified atom stereocenters. The molecular weight excluding hydrogens is 418 g/mol. The predicted octanol–water partition coefficient (Wildman–Crippen LogP) is 7.22. The summed E-state index contributed by atoms with van der Waals surface area (Å²) in [5, 5.41) is 10.8. The van der Waals surface area contributed by atoms with E-state index in [0.717, 1.165) is 20.0 Å². The van der Waals surface area contributed by atoms with Crippen molar-refractivity contribution in [3.8, 4) is 6.07 Å². The number of nitriles is 1. The summed E-state index contributed by atoms with van der Waals surface area (Å²) in [5.41, 5.74) is 2.47. The smallest absolute Gasteiger partial charge is 0.179 e. The van der Waals surface area contributed by atoms with E-state index in [1.807, 2.05) is 18.2 Å². The molecule has 0 amide bonds. The number of allylic oxidation sites excluding steroid dienone is 1. The minimum atomic E-state index is 0.496. The maximum absolute atomic E-state index is 9.45. The van der Waals surface area contributed by atoms with Gasteiger partial charge in [-0.05, 0) is 64.8 Å². The molecule has 0 aliphatic heterocycles. The second-order valence-electron chi connectivity index (χ2n) is 5.38. The Hall–Kier alpha value is -1.93. The van der Waals surface area contributed by atoms with Crippen LogP contribution < -0.4 is 0 Å². The van der Waals surface area contributed by atoms with Crippen molar-refractivity contribution in [2.75, 3.05) is 0 Å². The molecule has 1 aromatic heterocycles. The predicted molar refractivity (Wildman–Crippen MR) is 107 cm³/mol. The fraction of sp³-hybridized carbons (Fsp3) is 0.0500. The molecule has 3 aromatic rings. The first-order valence-electron chi connectivity index (χ1n) is 7.47. The first kappa shape index (κ1) is 17.9. The van der Waals surface area contributed by atoms with E-state index in [1.165, 1.54) is 17.3 Å². The van der Waals surface area contributed by atoms with Crippen LogP contribution in [0.2, 0.25) is 5.02 Å². The van der Waals surface area contributed by atoms with Crippen LogP contribution in [0.1, 0.15) is 16.9 Å². The SMILES string of the molecule is Cc1ccc(Sc2oc(/C=C(\C#N)c3cccc(Cl)c3)cc2Br)cc1. The molecule has 0 saturated carbocycles. The van der Waals surface area contributed by atoms with E-state index in [4.69, 9.17) is 16.0 Å². The quantitative estimate of drug-likeness (QED) is 0.410. The number of rotatable bonds is 4. The van der Waals surface area contributed by atoms with Gasteiger partial charge in [0.15, 0.2) is 5.09 Å². The molecule has 2 aromatic carbocycles. The maximum atomic E-state index is 9.45. The summed E-state index contributed by atoms with van der Waals surface area (Å²) >= 11 is 11.1. The van der Waals surface area contributed by atoms with Gasteiger partial charge in [0.25, 0.3) is 0 Å². The van der Waals surface area contributed by atoms with E-state index in [2.05, 4.69) is 53.2 Å². The van der Waals surface area contributed by atoms with Gasteiger partial charge in [0.2, 0.25) is 0 Å². The molecule has 25 heavy (non-hydrogen) atoms. The zero-order valence-corrected chi connectivity index (χ0v) is 16.5. The lowest BCUT2D eigenvalue weighted by Crippen LogP contribution is -1.81. The van der Waals surface area contributed by atoms with Crippen molar-refractivity contribution in [2.45, 2.75) is 16.9 Å². The summed E-state index contributed by atoms with van der Waals surface area (Å²) in [7, 11) is 0. The Balaban J connectivity index is 1.88. The van der Waals surface area contributed by atoms with Gasteiger partial charge in [0, 0.05) is 9.92 Å². The van der Waals surface area contributed by atoms with E-state index in [9.17, 15) is 5.26 Å². The molecule has 124 valence electrons. The van der Waals surface area contributed by atoms with Gasteiger partial charge < -0.3 is 4.42 Å². The normalized spacial score (nSPS) is 11.4. The van der Waals surface area contributed by atoms with Gasteiger partial charge in [-0.1, -0.05) is 53.2 Å². The number of halogens is 2. The Morgan fingerprint density at radius 3 is 2.64 bits per heavy atom. The summed E-state index contributed by atoms with van der Waals surface area (Å²) < 4.78 is 6.74. The van der Waals surface area contributed by atoms with Crippen LogP contribution in [-0.2, 0) is 0 Å². The molecule has 2 nitrogen and oxygen atoms in total. The lowest BCUT2D eigenvalue weighted by atomic mass is 10.1. The Morgan fingerprint density at radius 1 is 1.20 bits per heavy atom. The summed E-state index contributed by atoms with van der Waals surface area (Å²) in [6, 6.07) is 19.5. The average molecular weight is 431 g/mol. The van der Waals surface area contributed by atoms with E-state index in [1.54, 1.807) is 18.2 Å². The number of hydrogen-bond acceptors (Lipinski definition) is 3. The molecule has 0 fully saturated rings. The topological polar surface area (TPSA) is 36.9 Å². The Morgan fingerprint density at radius 2 is 1.96 bits per heavy atom. The van der Waals surface area contributed by atoms with Gasteiger partial charge in [-0.25, -0.2) is 0 Å².